The Balaban J connectivity index is 1.59. The highest BCUT2D eigenvalue weighted by Gasteiger charge is 2.38. The van der Waals surface area contributed by atoms with Crippen LogP contribution in [0.15, 0.2) is 27.0 Å². The van der Waals surface area contributed by atoms with E-state index in [2.05, 4.69) is 26.4 Å². The van der Waals surface area contributed by atoms with Crippen molar-refractivity contribution in [3.05, 3.63) is 23.6 Å². The number of carboxylic acids is 1. The first-order valence-electron chi connectivity index (χ1n) is 7.04. The number of H-pyrrole nitrogens is 1. The fourth-order valence-electron chi connectivity index (χ4n) is 2.33. The number of aromatic carboxylic acids is 1. The number of rotatable bonds is 7. The van der Waals surface area contributed by atoms with Crippen LogP contribution in [0.3, 0.4) is 0 Å². The first-order valence-corrected chi connectivity index (χ1v) is 7.04. The Hall–Kier alpha value is -3.08. The Bertz CT molecular complexity index is 833. The monoisotopic (exact) mass is 314 g/mol. The van der Waals surface area contributed by atoms with Crippen LogP contribution in [0.1, 0.15) is 40.1 Å². The van der Waals surface area contributed by atoms with E-state index in [1.807, 2.05) is 0 Å². The molecule has 1 amide bonds. The van der Waals surface area contributed by atoms with Crippen LogP contribution in [0.4, 0.5) is 0 Å². The number of carboxylic acid groups (broad SMARTS) is 1. The smallest absolute Gasteiger partial charge is 0.341 e. The summed E-state index contributed by atoms with van der Waals surface area (Å²) in [6.45, 7) is 0.391. The number of hydrogen-bond donors (Lipinski definition) is 3. The van der Waals surface area contributed by atoms with Gasteiger partial charge in [-0.3, -0.25) is 4.79 Å². The molecule has 1 aliphatic heterocycles. The van der Waals surface area contributed by atoms with Crippen LogP contribution in [-0.4, -0.2) is 34.2 Å². The number of furan rings is 1. The molecule has 1 aliphatic rings. The molecule has 0 saturated carbocycles. The van der Waals surface area contributed by atoms with Gasteiger partial charge in [0.15, 0.2) is 11.2 Å². The number of nitrogens with one attached hydrogen (secondary N) is 2. The van der Waals surface area contributed by atoms with Crippen LogP contribution in [0.25, 0.3) is 11.1 Å². The molecule has 118 valence electrons. The fraction of sp³-hybridized carbons (Fsp3) is 0.333. The molecule has 0 spiro atoms. The Kier molecular flexibility index (Phi) is 3.62. The number of amides is 1. The van der Waals surface area contributed by atoms with Gasteiger partial charge in [-0.1, -0.05) is 0 Å². The standard InChI is InChI=1S/C15H14N4O4/c1-2-3-4-15(18-19-15)5-6-16-13(20)10-7-11-12(17-10)9(8-23-11)14(21)22/h1,7-8,17H,3-6H2,(H,16,20)(H,21,22). The summed E-state index contributed by atoms with van der Waals surface area (Å²) >= 11 is 0. The lowest BCUT2D eigenvalue weighted by Crippen LogP contribution is -2.28. The summed E-state index contributed by atoms with van der Waals surface area (Å²) in [6, 6.07) is 1.47. The molecule has 0 fully saturated rings. The van der Waals surface area contributed by atoms with Crippen molar-refractivity contribution in [1.82, 2.24) is 10.3 Å². The van der Waals surface area contributed by atoms with Gasteiger partial charge in [0.05, 0.1) is 5.52 Å². The van der Waals surface area contributed by atoms with E-state index >= 15 is 0 Å². The van der Waals surface area contributed by atoms with Gasteiger partial charge in [-0.2, -0.15) is 10.2 Å². The molecule has 8 heteroatoms. The summed E-state index contributed by atoms with van der Waals surface area (Å²) in [6.07, 6.45) is 8.20. The molecule has 8 nitrogen and oxygen atoms in total. The van der Waals surface area contributed by atoms with Crippen LogP contribution in [-0.2, 0) is 0 Å². The van der Waals surface area contributed by atoms with Crippen LogP contribution in [0, 0.1) is 12.3 Å². The van der Waals surface area contributed by atoms with E-state index in [9.17, 15) is 9.59 Å². The predicted molar refractivity (Wildman–Crippen MR) is 80.1 cm³/mol. The number of hydrogen-bond acceptors (Lipinski definition) is 5. The van der Waals surface area contributed by atoms with E-state index in [0.29, 0.717) is 36.9 Å². The topological polar surface area (TPSA) is 120 Å². The summed E-state index contributed by atoms with van der Waals surface area (Å²) in [5.41, 5.74) is 0.400. The lowest BCUT2D eigenvalue weighted by atomic mass is 10.0. The van der Waals surface area contributed by atoms with Gasteiger partial charge in [0.1, 0.15) is 17.5 Å². The highest BCUT2D eigenvalue weighted by atomic mass is 16.4. The molecule has 23 heavy (non-hydrogen) atoms. The summed E-state index contributed by atoms with van der Waals surface area (Å²) in [7, 11) is 0. The second-order valence-electron chi connectivity index (χ2n) is 5.27. The number of carbonyl (C=O) groups excluding carboxylic acids is 1. The zero-order valence-corrected chi connectivity index (χ0v) is 12.1. The van der Waals surface area contributed by atoms with Crippen LogP contribution in [0.2, 0.25) is 0 Å². The maximum absolute atomic E-state index is 12.1. The van der Waals surface area contributed by atoms with Crippen LogP contribution >= 0.6 is 0 Å². The molecular weight excluding hydrogens is 300 g/mol. The number of nitrogens with zero attached hydrogens (tertiary/aromatic N) is 2. The van der Waals surface area contributed by atoms with E-state index in [-0.39, 0.29) is 17.2 Å². The van der Waals surface area contributed by atoms with Crippen molar-refractivity contribution in [3.8, 4) is 12.3 Å². The minimum Gasteiger partial charge on any atom is -0.477 e. The molecule has 0 bridgehead atoms. The quantitative estimate of drug-likeness (QED) is 0.678. The molecule has 0 aliphatic carbocycles. The van der Waals surface area contributed by atoms with Crippen molar-refractivity contribution in [1.29, 1.82) is 0 Å². The second kappa shape index (κ2) is 5.61. The summed E-state index contributed by atoms with van der Waals surface area (Å²) in [4.78, 5) is 25.9. The molecule has 0 atom stereocenters. The Morgan fingerprint density at radius 2 is 2.22 bits per heavy atom. The van der Waals surface area contributed by atoms with Crippen molar-refractivity contribution in [2.75, 3.05) is 6.54 Å². The zero-order chi connectivity index (χ0) is 16.4. The van der Waals surface area contributed by atoms with Gasteiger partial charge in [0.25, 0.3) is 5.91 Å². The average Bonchev–Trinajstić information content (AvgIpc) is 2.97. The summed E-state index contributed by atoms with van der Waals surface area (Å²) in [5, 5.41) is 19.7. The number of aromatic amines is 1. The summed E-state index contributed by atoms with van der Waals surface area (Å²) in [5.74, 6) is 1.08. The largest absolute Gasteiger partial charge is 0.477 e. The lowest BCUT2D eigenvalue weighted by Gasteiger charge is -2.09. The van der Waals surface area contributed by atoms with Crippen molar-refractivity contribution in [2.45, 2.75) is 24.9 Å². The van der Waals surface area contributed by atoms with Gasteiger partial charge in [0, 0.05) is 31.9 Å². The minimum absolute atomic E-state index is 0.0112. The van der Waals surface area contributed by atoms with E-state index < -0.39 is 11.6 Å². The van der Waals surface area contributed by atoms with Crippen molar-refractivity contribution in [2.24, 2.45) is 10.2 Å². The highest BCUT2D eigenvalue weighted by Crippen LogP contribution is 2.36. The second-order valence-corrected chi connectivity index (χ2v) is 5.27. The fourth-order valence-corrected chi connectivity index (χ4v) is 2.33. The normalized spacial score (nSPS) is 14.6. The van der Waals surface area contributed by atoms with Gasteiger partial charge in [-0.15, -0.1) is 12.3 Å². The van der Waals surface area contributed by atoms with Crippen molar-refractivity contribution in [3.63, 3.8) is 0 Å². The zero-order valence-electron chi connectivity index (χ0n) is 12.1. The molecule has 0 aromatic carbocycles. The molecule has 2 aromatic rings. The van der Waals surface area contributed by atoms with E-state index in [1.165, 1.54) is 6.07 Å². The third-order valence-electron chi connectivity index (χ3n) is 3.69. The Morgan fingerprint density at radius 3 is 2.87 bits per heavy atom. The van der Waals surface area contributed by atoms with Gasteiger partial charge in [-0.25, -0.2) is 4.79 Å². The van der Waals surface area contributed by atoms with E-state index in [4.69, 9.17) is 15.9 Å². The molecular formula is C15H14N4O4. The maximum Gasteiger partial charge on any atom is 0.341 e. The third-order valence-corrected chi connectivity index (χ3v) is 3.69. The van der Waals surface area contributed by atoms with Gasteiger partial charge >= 0.3 is 5.97 Å². The van der Waals surface area contributed by atoms with Crippen molar-refractivity contribution < 1.29 is 19.1 Å². The van der Waals surface area contributed by atoms with Crippen molar-refractivity contribution >= 4 is 23.0 Å². The number of carbonyl (C=O) groups is 2. The predicted octanol–water partition coefficient (Wildman–Crippen LogP) is 2.15. The van der Waals surface area contributed by atoms with E-state index in [0.717, 1.165) is 6.26 Å². The SMILES string of the molecule is C#CCCC1(CCNC(=O)c2cc3occ(C(=O)O)c3[nH]2)N=N1. The average molecular weight is 314 g/mol. The number of terminal acetylenes is 1. The lowest BCUT2D eigenvalue weighted by molar-refractivity contribution is 0.0697. The number of aromatic nitrogens is 1. The third kappa shape index (κ3) is 2.94. The van der Waals surface area contributed by atoms with Gasteiger partial charge in [-0.05, 0) is 0 Å². The summed E-state index contributed by atoms with van der Waals surface area (Å²) < 4.78 is 5.11. The molecule has 0 unspecified atom stereocenters. The minimum atomic E-state index is -1.12. The first kappa shape index (κ1) is 14.8. The van der Waals surface area contributed by atoms with Gasteiger partial charge < -0.3 is 19.8 Å². The highest BCUT2D eigenvalue weighted by molar-refractivity contribution is 6.04. The molecule has 3 N–H and O–H groups in total. The molecule has 2 aromatic heterocycles. The molecule has 0 saturated heterocycles. The van der Waals surface area contributed by atoms with Gasteiger partial charge in [0.2, 0.25) is 0 Å². The molecule has 3 rings (SSSR count). The van der Waals surface area contributed by atoms with E-state index in [1.54, 1.807) is 0 Å². The molecule has 0 radical (unpaired) electrons. The Morgan fingerprint density at radius 1 is 1.43 bits per heavy atom. The van der Waals surface area contributed by atoms with Crippen LogP contribution in [0.5, 0.6) is 0 Å². The number of fused-ring (bicyclic) bond motifs is 1. The van der Waals surface area contributed by atoms with Crippen LogP contribution < -0.4 is 5.32 Å². The molecule has 3 heterocycles. The Labute approximate surface area is 131 Å². The first-order chi connectivity index (χ1) is 11.0. The maximum atomic E-state index is 12.1.